The molecule has 1 aliphatic heterocycles. The summed E-state index contributed by atoms with van der Waals surface area (Å²) in [4.78, 5) is 33.9. The Labute approximate surface area is 111 Å². The molecule has 108 valence electrons. The van der Waals surface area contributed by atoms with E-state index in [1.54, 1.807) is 6.92 Å². The lowest BCUT2D eigenvalue weighted by molar-refractivity contribution is -0.144. The van der Waals surface area contributed by atoms with Crippen LogP contribution >= 0.6 is 0 Å². The van der Waals surface area contributed by atoms with Gasteiger partial charge in [0.1, 0.15) is 6.04 Å². The maximum absolute atomic E-state index is 11.9. The van der Waals surface area contributed by atoms with Gasteiger partial charge >= 0.3 is 11.9 Å². The molecule has 19 heavy (non-hydrogen) atoms. The number of carbonyl (C=O) groups excluding carboxylic acids is 2. The molecule has 0 spiro atoms. The van der Waals surface area contributed by atoms with Crippen LogP contribution in [0.15, 0.2) is 0 Å². The van der Waals surface area contributed by atoms with Crippen LogP contribution in [0.4, 0.5) is 0 Å². The molecule has 3 atom stereocenters. The van der Waals surface area contributed by atoms with Crippen LogP contribution in [0, 0.1) is 5.92 Å². The molecular weight excluding hydrogens is 254 g/mol. The van der Waals surface area contributed by atoms with Crippen molar-refractivity contribution in [3.63, 3.8) is 0 Å². The van der Waals surface area contributed by atoms with Gasteiger partial charge in [0, 0.05) is 13.0 Å². The van der Waals surface area contributed by atoms with E-state index in [0.717, 1.165) is 0 Å². The lowest BCUT2D eigenvalue weighted by atomic mass is 10.0. The molecule has 1 fully saturated rings. The van der Waals surface area contributed by atoms with Crippen molar-refractivity contribution in [3.05, 3.63) is 0 Å². The summed E-state index contributed by atoms with van der Waals surface area (Å²) in [5.41, 5.74) is 0. The molecule has 0 radical (unpaired) electrons. The smallest absolute Gasteiger partial charge is 0.326 e. The molecule has 1 rings (SSSR count). The molecule has 2 N–H and O–H groups in total. The number of aliphatic carboxylic acids is 1. The minimum absolute atomic E-state index is 0.00963. The minimum Gasteiger partial charge on any atom is -0.480 e. The molecule has 3 unspecified atom stereocenters. The molecule has 0 saturated carbocycles. The standard InChI is InChI=1S/C12H19NO6/c1-7-8(5-6-19-7)11(15)13-9(12(16)17)3-4-10(14)18-2/h7-9H,3-6H2,1-2H3,(H,13,15)(H,16,17). The Morgan fingerprint density at radius 3 is 2.63 bits per heavy atom. The van der Waals surface area contributed by atoms with E-state index in [1.165, 1.54) is 7.11 Å². The summed E-state index contributed by atoms with van der Waals surface area (Å²) in [5, 5.41) is 11.5. The molecule has 1 heterocycles. The quantitative estimate of drug-likeness (QED) is 0.657. The zero-order valence-electron chi connectivity index (χ0n) is 11.0. The van der Waals surface area contributed by atoms with Gasteiger partial charge in [-0.1, -0.05) is 0 Å². The second kappa shape index (κ2) is 7.08. The molecule has 0 aromatic rings. The monoisotopic (exact) mass is 273 g/mol. The second-order valence-corrected chi connectivity index (χ2v) is 4.49. The highest BCUT2D eigenvalue weighted by Gasteiger charge is 2.33. The van der Waals surface area contributed by atoms with E-state index >= 15 is 0 Å². The average molecular weight is 273 g/mol. The van der Waals surface area contributed by atoms with Crippen molar-refractivity contribution in [1.82, 2.24) is 5.32 Å². The molecule has 0 aromatic heterocycles. The van der Waals surface area contributed by atoms with Crippen LogP contribution in [0.1, 0.15) is 26.2 Å². The number of ether oxygens (including phenoxy) is 2. The van der Waals surface area contributed by atoms with Crippen LogP contribution in [0.25, 0.3) is 0 Å². The van der Waals surface area contributed by atoms with Gasteiger partial charge in [-0.05, 0) is 19.8 Å². The van der Waals surface area contributed by atoms with Crippen LogP contribution in [0.3, 0.4) is 0 Å². The first-order valence-electron chi connectivity index (χ1n) is 6.17. The highest BCUT2D eigenvalue weighted by atomic mass is 16.5. The second-order valence-electron chi connectivity index (χ2n) is 4.49. The molecule has 0 aliphatic carbocycles. The van der Waals surface area contributed by atoms with Gasteiger partial charge in [-0.3, -0.25) is 9.59 Å². The van der Waals surface area contributed by atoms with Gasteiger partial charge < -0.3 is 19.9 Å². The third kappa shape index (κ3) is 4.51. The summed E-state index contributed by atoms with van der Waals surface area (Å²) < 4.78 is 9.70. The molecule has 0 bridgehead atoms. The lowest BCUT2D eigenvalue weighted by Crippen LogP contribution is -2.45. The Balaban J connectivity index is 2.51. The average Bonchev–Trinajstić information content (AvgIpc) is 2.79. The Morgan fingerprint density at radius 1 is 1.47 bits per heavy atom. The lowest BCUT2D eigenvalue weighted by Gasteiger charge is -2.18. The first-order chi connectivity index (χ1) is 8.95. The number of carboxylic acids is 1. The molecule has 1 amide bonds. The Hall–Kier alpha value is -1.63. The zero-order valence-corrected chi connectivity index (χ0v) is 11.0. The van der Waals surface area contributed by atoms with Gasteiger partial charge in [0.05, 0.1) is 19.1 Å². The van der Waals surface area contributed by atoms with Gasteiger partial charge in [0.15, 0.2) is 0 Å². The number of hydrogen-bond donors (Lipinski definition) is 2. The number of carboxylic acid groups (broad SMARTS) is 1. The number of hydrogen-bond acceptors (Lipinski definition) is 5. The third-order valence-corrected chi connectivity index (χ3v) is 3.19. The van der Waals surface area contributed by atoms with E-state index < -0.39 is 18.0 Å². The van der Waals surface area contributed by atoms with Crippen LogP contribution < -0.4 is 5.32 Å². The predicted molar refractivity (Wildman–Crippen MR) is 64.3 cm³/mol. The largest absolute Gasteiger partial charge is 0.480 e. The molecule has 1 saturated heterocycles. The summed E-state index contributed by atoms with van der Waals surface area (Å²) in [5.74, 6) is -2.34. The summed E-state index contributed by atoms with van der Waals surface area (Å²) in [6, 6.07) is -1.08. The van der Waals surface area contributed by atoms with Crippen LogP contribution in [0.2, 0.25) is 0 Å². The fourth-order valence-electron chi connectivity index (χ4n) is 1.98. The van der Waals surface area contributed by atoms with E-state index in [-0.39, 0.29) is 30.8 Å². The van der Waals surface area contributed by atoms with Gasteiger partial charge in [-0.25, -0.2) is 4.79 Å². The maximum Gasteiger partial charge on any atom is 0.326 e. The zero-order chi connectivity index (χ0) is 14.4. The van der Waals surface area contributed by atoms with Crippen molar-refractivity contribution >= 4 is 17.8 Å². The van der Waals surface area contributed by atoms with E-state index in [4.69, 9.17) is 9.84 Å². The van der Waals surface area contributed by atoms with Gasteiger partial charge in [0.25, 0.3) is 0 Å². The molecule has 7 heteroatoms. The highest BCUT2D eigenvalue weighted by Crippen LogP contribution is 2.20. The number of rotatable bonds is 6. The molecule has 0 aromatic carbocycles. The Kier molecular flexibility index (Phi) is 5.75. The van der Waals surface area contributed by atoms with Crippen molar-refractivity contribution in [1.29, 1.82) is 0 Å². The number of carbonyl (C=O) groups is 3. The van der Waals surface area contributed by atoms with Gasteiger partial charge in [0.2, 0.25) is 5.91 Å². The highest BCUT2D eigenvalue weighted by molar-refractivity contribution is 5.85. The van der Waals surface area contributed by atoms with Crippen LogP contribution in [0.5, 0.6) is 0 Å². The summed E-state index contributed by atoms with van der Waals surface area (Å²) >= 11 is 0. The summed E-state index contributed by atoms with van der Waals surface area (Å²) in [6.07, 6.45) is 0.325. The molecular formula is C12H19NO6. The fraction of sp³-hybridized carbons (Fsp3) is 0.750. The number of nitrogens with one attached hydrogen (secondary N) is 1. The third-order valence-electron chi connectivity index (χ3n) is 3.19. The predicted octanol–water partition coefficient (Wildman–Crippen LogP) is -0.0660. The van der Waals surface area contributed by atoms with Crippen LogP contribution in [-0.4, -0.2) is 48.8 Å². The van der Waals surface area contributed by atoms with Crippen molar-refractivity contribution < 1.29 is 29.0 Å². The van der Waals surface area contributed by atoms with E-state index in [0.29, 0.717) is 13.0 Å². The molecule has 7 nitrogen and oxygen atoms in total. The van der Waals surface area contributed by atoms with Crippen molar-refractivity contribution in [2.75, 3.05) is 13.7 Å². The number of amides is 1. The summed E-state index contributed by atoms with van der Waals surface area (Å²) in [7, 11) is 1.23. The number of methoxy groups -OCH3 is 1. The maximum atomic E-state index is 11.9. The fourth-order valence-corrected chi connectivity index (χ4v) is 1.98. The Bertz CT molecular complexity index is 356. The van der Waals surface area contributed by atoms with Gasteiger partial charge in [-0.2, -0.15) is 0 Å². The first kappa shape index (κ1) is 15.4. The summed E-state index contributed by atoms with van der Waals surface area (Å²) in [6.45, 7) is 2.28. The topological polar surface area (TPSA) is 102 Å². The van der Waals surface area contributed by atoms with E-state index in [1.807, 2.05) is 0 Å². The van der Waals surface area contributed by atoms with E-state index in [9.17, 15) is 14.4 Å². The van der Waals surface area contributed by atoms with Crippen LogP contribution in [-0.2, 0) is 23.9 Å². The Morgan fingerprint density at radius 2 is 2.16 bits per heavy atom. The SMILES string of the molecule is COC(=O)CCC(NC(=O)C1CCOC1C)C(=O)O. The molecule has 1 aliphatic rings. The minimum atomic E-state index is -1.16. The van der Waals surface area contributed by atoms with Crippen molar-refractivity contribution in [2.24, 2.45) is 5.92 Å². The van der Waals surface area contributed by atoms with E-state index in [2.05, 4.69) is 10.1 Å². The van der Waals surface area contributed by atoms with Crippen molar-refractivity contribution in [3.8, 4) is 0 Å². The first-order valence-corrected chi connectivity index (χ1v) is 6.17. The van der Waals surface area contributed by atoms with Crippen molar-refractivity contribution in [2.45, 2.75) is 38.3 Å². The number of esters is 1. The van der Waals surface area contributed by atoms with Gasteiger partial charge in [-0.15, -0.1) is 0 Å². The normalized spacial score (nSPS) is 23.7.